The van der Waals surface area contributed by atoms with Crippen LogP contribution >= 0.6 is 0 Å². The summed E-state index contributed by atoms with van der Waals surface area (Å²) in [5.74, 6) is -0.378. The maximum Gasteiger partial charge on any atom is 0.293 e. The first kappa shape index (κ1) is 18.6. The third kappa shape index (κ3) is 4.40. The van der Waals surface area contributed by atoms with Crippen molar-refractivity contribution in [1.82, 2.24) is 10.3 Å². The van der Waals surface area contributed by atoms with E-state index in [0.717, 1.165) is 24.0 Å². The molecule has 0 bridgehead atoms. The zero-order valence-electron chi connectivity index (χ0n) is 15.6. The zero-order chi connectivity index (χ0) is 20.2. The average molecular weight is 388 g/mol. The van der Waals surface area contributed by atoms with Gasteiger partial charge in [0.1, 0.15) is 5.69 Å². The van der Waals surface area contributed by atoms with Gasteiger partial charge in [-0.2, -0.15) is 0 Å². The minimum Gasteiger partial charge on any atom is -0.377 e. The summed E-state index contributed by atoms with van der Waals surface area (Å²) in [4.78, 5) is 28.0. The number of hydrogen-bond donors (Lipinski definition) is 2. The molecule has 0 spiro atoms. The summed E-state index contributed by atoms with van der Waals surface area (Å²) < 4.78 is 0. The van der Waals surface area contributed by atoms with E-state index >= 15 is 0 Å². The number of amides is 1. The number of nitro benzene ring substituents is 1. The van der Waals surface area contributed by atoms with E-state index < -0.39 is 11.0 Å². The molecule has 0 radical (unpaired) electrons. The van der Waals surface area contributed by atoms with E-state index in [9.17, 15) is 14.9 Å². The summed E-state index contributed by atoms with van der Waals surface area (Å²) >= 11 is 0. The van der Waals surface area contributed by atoms with E-state index in [1.54, 1.807) is 24.5 Å². The van der Waals surface area contributed by atoms with Crippen LogP contribution in [0.25, 0.3) is 0 Å². The SMILES string of the molecule is O=C(NC(c1ccccc1)c1ccncc1)c1ccc(NC2CC2)c([N+](=O)[O-])c1. The first-order chi connectivity index (χ1) is 14.1. The van der Waals surface area contributed by atoms with Crippen molar-refractivity contribution >= 4 is 17.3 Å². The van der Waals surface area contributed by atoms with Gasteiger partial charge in [0, 0.05) is 30.1 Å². The van der Waals surface area contributed by atoms with Gasteiger partial charge in [-0.3, -0.25) is 19.9 Å². The van der Waals surface area contributed by atoms with Crippen molar-refractivity contribution < 1.29 is 9.72 Å². The predicted octanol–water partition coefficient (Wildman–Crippen LogP) is 4.08. The van der Waals surface area contributed by atoms with Crippen LogP contribution in [0.3, 0.4) is 0 Å². The Kier molecular flexibility index (Phi) is 5.20. The molecule has 29 heavy (non-hydrogen) atoms. The largest absolute Gasteiger partial charge is 0.377 e. The van der Waals surface area contributed by atoms with Crippen molar-refractivity contribution in [3.8, 4) is 0 Å². The molecule has 1 heterocycles. The molecular weight excluding hydrogens is 368 g/mol. The minimum atomic E-state index is -0.459. The van der Waals surface area contributed by atoms with Crippen LogP contribution in [0.5, 0.6) is 0 Å². The molecule has 4 rings (SSSR count). The molecule has 0 saturated heterocycles. The normalized spacial score (nSPS) is 14.1. The van der Waals surface area contributed by atoms with Crippen LogP contribution in [0.4, 0.5) is 11.4 Å². The second-order valence-corrected chi connectivity index (χ2v) is 7.01. The molecule has 2 N–H and O–H groups in total. The van der Waals surface area contributed by atoms with Crippen molar-refractivity contribution in [3.05, 3.63) is 99.9 Å². The molecule has 1 unspecified atom stereocenters. The van der Waals surface area contributed by atoms with E-state index in [-0.39, 0.29) is 23.2 Å². The topological polar surface area (TPSA) is 97.2 Å². The van der Waals surface area contributed by atoms with Gasteiger partial charge in [0.2, 0.25) is 0 Å². The third-order valence-corrected chi connectivity index (χ3v) is 4.84. The van der Waals surface area contributed by atoms with E-state index in [1.165, 1.54) is 6.07 Å². The van der Waals surface area contributed by atoms with Crippen LogP contribution in [0.2, 0.25) is 0 Å². The lowest BCUT2D eigenvalue weighted by molar-refractivity contribution is -0.384. The van der Waals surface area contributed by atoms with Gasteiger partial charge in [-0.25, -0.2) is 0 Å². The zero-order valence-corrected chi connectivity index (χ0v) is 15.6. The quantitative estimate of drug-likeness (QED) is 0.469. The Morgan fingerprint density at radius 3 is 2.38 bits per heavy atom. The Hall–Kier alpha value is -3.74. The number of pyridine rings is 1. The van der Waals surface area contributed by atoms with Crippen LogP contribution in [-0.4, -0.2) is 21.9 Å². The highest BCUT2D eigenvalue weighted by molar-refractivity contribution is 5.96. The van der Waals surface area contributed by atoms with Crippen LogP contribution in [0.1, 0.15) is 40.4 Å². The van der Waals surface area contributed by atoms with Crippen LogP contribution in [0.15, 0.2) is 73.1 Å². The molecule has 1 fully saturated rings. The lowest BCUT2D eigenvalue weighted by Gasteiger charge is -2.20. The molecule has 1 amide bonds. The van der Waals surface area contributed by atoms with Crippen molar-refractivity contribution in [2.75, 3.05) is 5.32 Å². The highest BCUT2D eigenvalue weighted by Crippen LogP contribution is 2.32. The first-order valence-electron chi connectivity index (χ1n) is 9.42. The molecule has 0 aliphatic heterocycles. The van der Waals surface area contributed by atoms with Crippen LogP contribution < -0.4 is 10.6 Å². The number of benzene rings is 2. The lowest BCUT2D eigenvalue weighted by Crippen LogP contribution is -2.29. The van der Waals surface area contributed by atoms with Crippen molar-refractivity contribution in [2.45, 2.75) is 24.9 Å². The summed E-state index contributed by atoms with van der Waals surface area (Å²) in [6.45, 7) is 0. The van der Waals surface area contributed by atoms with Gasteiger partial charge in [0.15, 0.2) is 0 Å². The Bertz CT molecular complexity index is 981. The van der Waals surface area contributed by atoms with Crippen LogP contribution in [-0.2, 0) is 0 Å². The van der Waals surface area contributed by atoms with E-state index in [1.807, 2.05) is 42.5 Å². The number of anilines is 1. The number of rotatable bonds is 7. The highest BCUT2D eigenvalue weighted by atomic mass is 16.6. The van der Waals surface area contributed by atoms with Crippen molar-refractivity contribution in [1.29, 1.82) is 0 Å². The highest BCUT2D eigenvalue weighted by Gasteiger charge is 2.26. The summed E-state index contributed by atoms with van der Waals surface area (Å²) in [5.41, 5.74) is 2.38. The van der Waals surface area contributed by atoms with Gasteiger partial charge in [-0.15, -0.1) is 0 Å². The van der Waals surface area contributed by atoms with Gasteiger partial charge >= 0.3 is 0 Å². The molecule has 1 atom stereocenters. The Labute approximate surface area is 167 Å². The Morgan fingerprint density at radius 2 is 1.72 bits per heavy atom. The number of aromatic nitrogens is 1. The molecule has 7 heteroatoms. The summed E-state index contributed by atoms with van der Waals surface area (Å²) in [7, 11) is 0. The first-order valence-corrected chi connectivity index (χ1v) is 9.42. The van der Waals surface area contributed by atoms with Gasteiger partial charge < -0.3 is 10.6 Å². The molecule has 146 valence electrons. The summed E-state index contributed by atoms with van der Waals surface area (Å²) in [6, 6.07) is 17.7. The molecule has 1 saturated carbocycles. The molecular formula is C22H20N4O3. The van der Waals surface area contributed by atoms with Gasteiger partial charge in [0.05, 0.1) is 11.0 Å². The number of carbonyl (C=O) groups is 1. The number of nitrogens with one attached hydrogen (secondary N) is 2. The number of nitrogens with zero attached hydrogens (tertiary/aromatic N) is 2. The molecule has 3 aromatic rings. The Morgan fingerprint density at radius 1 is 1.03 bits per heavy atom. The van der Waals surface area contributed by atoms with Gasteiger partial charge in [-0.05, 0) is 48.2 Å². The van der Waals surface area contributed by atoms with Crippen molar-refractivity contribution in [2.24, 2.45) is 0 Å². The smallest absolute Gasteiger partial charge is 0.293 e. The van der Waals surface area contributed by atoms with Crippen molar-refractivity contribution in [3.63, 3.8) is 0 Å². The fourth-order valence-electron chi connectivity index (χ4n) is 3.17. The Balaban J connectivity index is 1.62. The molecule has 1 aromatic heterocycles. The molecule has 1 aliphatic rings. The number of carbonyl (C=O) groups excluding carboxylic acids is 1. The van der Waals surface area contributed by atoms with E-state index in [2.05, 4.69) is 15.6 Å². The van der Waals surface area contributed by atoms with Gasteiger partial charge in [-0.1, -0.05) is 30.3 Å². The van der Waals surface area contributed by atoms with Gasteiger partial charge in [0.25, 0.3) is 11.6 Å². The second kappa shape index (κ2) is 8.10. The molecule has 1 aliphatic carbocycles. The third-order valence-electron chi connectivity index (χ3n) is 4.84. The lowest BCUT2D eigenvalue weighted by atomic mass is 9.99. The molecule has 2 aromatic carbocycles. The summed E-state index contributed by atoms with van der Waals surface area (Å²) in [5, 5.41) is 17.6. The maximum atomic E-state index is 13.0. The van der Waals surface area contributed by atoms with E-state index in [4.69, 9.17) is 0 Å². The standard InChI is InChI=1S/C22H20N4O3/c27-22(17-6-9-19(24-18-7-8-18)20(14-17)26(28)29)25-21(15-4-2-1-3-5-15)16-10-12-23-13-11-16/h1-6,9-14,18,21,24H,7-8H2,(H,25,27). The monoisotopic (exact) mass is 388 g/mol. The number of hydrogen-bond acceptors (Lipinski definition) is 5. The summed E-state index contributed by atoms with van der Waals surface area (Å²) in [6.07, 6.45) is 5.34. The fourth-order valence-corrected chi connectivity index (χ4v) is 3.17. The minimum absolute atomic E-state index is 0.0928. The molecule has 7 nitrogen and oxygen atoms in total. The second-order valence-electron chi connectivity index (χ2n) is 7.01. The average Bonchev–Trinajstić information content (AvgIpc) is 3.57. The fraction of sp³-hybridized carbons (Fsp3) is 0.182. The van der Waals surface area contributed by atoms with E-state index in [0.29, 0.717) is 5.69 Å². The van der Waals surface area contributed by atoms with Crippen LogP contribution in [0, 0.1) is 10.1 Å². The number of nitro groups is 1. The predicted molar refractivity (Wildman–Crippen MR) is 110 cm³/mol. The maximum absolute atomic E-state index is 13.0.